The Labute approximate surface area is 115 Å². The van der Waals surface area contributed by atoms with Gasteiger partial charge in [-0.15, -0.1) is 0 Å². The number of rotatable bonds is 5. The number of hydrogen-bond acceptors (Lipinski definition) is 2. The summed E-state index contributed by atoms with van der Waals surface area (Å²) >= 11 is 0. The first kappa shape index (κ1) is 15.8. The predicted octanol–water partition coefficient (Wildman–Crippen LogP) is 2.60. The fourth-order valence-corrected chi connectivity index (χ4v) is 2.71. The molecular formula is C14H26N2O3. The van der Waals surface area contributed by atoms with Crippen LogP contribution < -0.4 is 5.32 Å². The minimum atomic E-state index is -0.945. The van der Waals surface area contributed by atoms with E-state index in [-0.39, 0.29) is 18.1 Å². The number of nitrogens with one attached hydrogen (secondary N) is 1. The average molecular weight is 270 g/mol. The van der Waals surface area contributed by atoms with Crippen molar-refractivity contribution in [1.82, 2.24) is 10.2 Å². The summed E-state index contributed by atoms with van der Waals surface area (Å²) in [5.41, 5.74) is 0. The molecule has 2 amide bonds. The quantitative estimate of drug-likeness (QED) is 0.806. The molecule has 0 radical (unpaired) electrons. The molecule has 1 saturated heterocycles. The number of likely N-dealkylation sites (tertiary alicyclic amines) is 1. The monoisotopic (exact) mass is 270 g/mol. The summed E-state index contributed by atoms with van der Waals surface area (Å²) in [4.78, 5) is 25.2. The third kappa shape index (κ3) is 4.40. The van der Waals surface area contributed by atoms with Crippen LogP contribution in [0.25, 0.3) is 0 Å². The molecule has 1 aliphatic rings. The summed E-state index contributed by atoms with van der Waals surface area (Å²) in [5, 5.41) is 11.8. The Morgan fingerprint density at radius 2 is 1.89 bits per heavy atom. The molecule has 3 atom stereocenters. The first-order valence-corrected chi connectivity index (χ1v) is 7.29. The molecule has 3 unspecified atom stereocenters. The maximum Gasteiger partial charge on any atom is 0.326 e. The van der Waals surface area contributed by atoms with Gasteiger partial charge in [-0.3, -0.25) is 0 Å². The van der Waals surface area contributed by atoms with Crippen molar-refractivity contribution in [2.24, 2.45) is 0 Å². The average Bonchev–Trinajstić information content (AvgIpc) is 2.33. The number of carboxylic acid groups (broad SMARTS) is 1. The summed E-state index contributed by atoms with van der Waals surface area (Å²) in [7, 11) is 0. The predicted molar refractivity (Wildman–Crippen MR) is 74.1 cm³/mol. The third-order valence-corrected chi connectivity index (χ3v) is 3.87. The molecule has 1 fully saturated rings. The molecule has 1 heterocycles. The molecule has 0 aromatic carbocycles. The van der Waals surface area contributed by atoms with Gasteiger partial charge in [-0.05, 0) is 39.5 Å². The van der Waals surface area contributed by atoms with Gasteiger partial charge in [0.05, 0.1) is 0 Å². The second-order valence-corrected chi connectivity index (χ2v) is 5.52. The highest BCUT2D eigenvalue weighted by atomic mass is 16.4. The van der Waals surface area contributed by atoms with Crippen LogP contribution in [0.15, 0.2) is 0 Å². The van der Waals surface area contributed by atoms with Crippen LogP contribution in [0.4, 0.5) is 4.79 Å². The van der Waals surface area contributed by atoms with E-state index in [1.165, 1.54) is 0 Å². The second-order valence-electron chi connectivity index (χ2n) is 5.52. The second kappa shape index (κ2) is 7.36. The smallest absolute Gasteiger partial charge is 0.326 e. The lowest BCUT2D eigenvalue weighted by Gasteiger charge is -2.39. The van der Waals surface area contributed by atoms with Crippen LogP contribution in [0, 0.1) is 0 Å². The number of aliphatic carboxylic acids is 1. The van der Waals surface area contributed by atoms with E-state index in [1.807, 2.05) is 20.8 Å². The third-order valence-electron chi connectivity index (χ3n) is 3.87. The molecule has 0 bridgehead atoms. The Morgan fingerprint density at radius 1 is 1.32 bits per heavy atom. The van der Waals surface area contributed by atoms with E-state index in [9.17, 15) is 9.59 Å². The zero-order valence-corrected chi connectivity index (χ0v) is 12.2. The van der Waals surface area contributed by atoms with Crippen molar-refractivity contribution in [2.75, 3.05) is 0 Å². The van der Waals surface area contributed by atoms with Crippen molar-refractivity contribution in [1.29, 1.82) is 0 Å². The summed E-state index contributed by atoms with van der Waals surface area (Å²) < 4.78 is 0. The standard InChI is InChI=1S/C14H26N2O3/c1-4-5-9-12(13(17)18)15-14(19)16-10(2)7-6-8-11(16)3/h10-12H,4-9H2,1-3H3,(H,15,19)(H,17,18). The molecule has 1 aliphatic heterocycles. The van der Waals surface area contributed by atoms with Gasteiger partial charge in [0.25, 0.3) is 0 Å². The molecule has 110 valence electrons. The van der Waals surface area contributed by atoms with Crippen LogP contribution in [0.2, 0.25) is 0 Å². The Bertz CT molecular complexity index is 310. The number of carboxylic acids is 1. The number of piperidine rings is 1. The van der Waals surface area contributed by atoms with E-state index < -0.39 is 12.0 Å². The Morgan fingerprint density at radius 3 is 2.37 bits per heavy atom. The molecule has 5 heteroatoms. The summed E-state index contributed by atoms with van der Waals surface area (Å²) in [6, 6.07) is -0.634. The van der Waals surface area contributed by atoms with Crippen LogP contribution in [-0.2, 0) is 4.79 Å². The molecule has 0 aromatic rings. The molecule has 0 saturated carbocycles. The number of carbonyl (C=O) groups is 2. The van der Waals surface area contributed by atoms with Crippen molar-refractivity contribution >= 4 is 12.0 Å². The van der Waals surface area contributed by atoms with Gasteiger partial charge in [-0.1, -0.05) is 19.8 Å². The number of urea groups is 1. The minimum Gasteiger partial charge on any atom is -0.480 e. The Kier molecular flexibility index (Phi) is 6.12. The van der Waals surface area contributed by atoms with Crippen molar-refractivity contribution in [2.45, 2.75) is 77.4 Å². The number of unbranched alkanes of at least 4 members (excludes halogenated alkanes) is 1. The van der Waals surface area contributed by atoms with Crippen LogP contribution in [-0.4, -0.2) is 40.1 Å². The first-order chi connectivity index (χ1) is 8.97. The van der Waals surface area contributed by atoms with Gasteiger partial charge >= 0.3 is 12.0 Å². The van der Waals surface area contributed by atoms with Crippen LogP contribution >= 0.6 is 0 Å². The maximum absolute atomic E-state index is 12.2. The Balaban J connectivity index is 2.62. The van der Waals surface area contributed by atoms with Crippen molar-refractivity contribution < 1.29 is 14.7 Å². The first-order valence-electron chi connectivity index (χ1n) is 7.29. The van der Waals surface area contributed by atoms with Crippen molar-refractivity contribution in [3.05, 3.63) is 0 Å². The topological polar surface area (TPSA) is 69.6 Å². The molecule has 0 aliphatic carbocycles. The lowest BCUT2D eigenvalue weighted by Crippen LogP contribution is -2.55. The van der Waals surface area contributed by atoms with Gasteiger partial charge < -0.3 is 15.3 Å². The van der Waals surface area contributed by atoms with Gasteiger partial charge in [0.15, 0.2) is 0 Å². The van der Waals surface area contributed by atoms with Crippen molar-refractivity contribution in [3.8, 4) is 0 Å². The minimum absolute atomic E-state index is 0.185. The van der Waals surface area contributed by atoms with E-state index in [1.54, 1.807) is 4.90 Å². The highest BCUT2D eigenvalue weighted by Crippen LogP contribution is 2.22. The molecule has 5 nitrogen and oxygen atoms in total. The largest absolute Gasteiger partial charge is 0.480 e. The summed E-state index contributed by atoms with van der Waals surface area (Å²) in [6.07, 6.45) is 5.34. The van der Waals surface area contributed by atoms with Crippen molar-refractivity contribution in [3.63, 3.8) is 0 Å². The molecule has 0 spiro atoms. The lowest BCUT2D eigenvalue weighted by atomic mass is 9.98. The fourth-order valence-electron chi connectivity index (χ4n) is 2.71. The van der Waals surface area contributed by atoms with Crippen LogP contribution in [0.1, 0.15) is 59.3 Å². The molecule has 2 N–H and O–H groups in total. The molecule has 1 rings (SSSR count). The number of carbonyl (C=O) groups excluding carboxylic acids is 1. The van der Waals surface area contributed by atoms with Gasteiger partial charge in [0.2, 0.25) is 0 Å². The lowest BCUT2D eigenvalue weighted by molar-refractivity contribution is -0.139. The summed E-state index contributed by atoms with van der Waals surface area (Å²) in [6.45, 7) is 6.06. The maximum atomic E-state index is 12.2. The van der Waals surface area contributed by atoms with E-state index >= 15 is 0 Å². The van der Waals surface area contributed by atoms with E-state index in [0.29, 0.717) is 6.42 Å². The van der Waals surface area contributed by atoms with E-state index in [0.717, 1.165) is 32.1 Å². The highest BCUT2D eigenvalue weighted by molar-refractivity contribution is 5.82. The zero-order chi connectivity index (χ0) is 14.4. The highest BCUT2D eigenvalue weighted by Gasteiger charge is 2.31. The van der Waals surface area contributed by atoms with E-state index in [4.69, 9.17) is 5.11 Å². The zero-order valence-electron chi connectivity index (χ0n) is 12.2. The van der Waals surface area contributed by atoms with Gasteiger partial charge in [0.1, 0.15) is 6.04 Å². The number of hydrogen-bond donors (Lipinski definition) is 2. The van der Waals surface area contributed by atoms with E-state index in [2.05, 4.69) is 5.32 Å². The van der Waals surface area contributed by atoms with Crippen LogP contribution in [0.3, 0.4) is 0 Å². The fraction of sp³-hybridized carbons (Fsp3) is 0.857. The molecule has 0 aromatic heterocycles. The number of amides is 2. The molecular weight excluding hydrogens is 244 g/mol. The van der Waals surface area contributed by atoms with Gasteiger partial charge in [0, 0.05) is 12.1 Å². The van der Waals surface area contributed by atoms with Gasteiger partial charge in [-0.25, -0.2) is 9.59 Å². The molecule has 19 heavy (non-hydrogen) atoms. The Hall–Kier alpha value is -1.26. The SMILES string of the molecule is CCCCC(NC(=O)N1C(C)CCCC1C)C(=O)O. The summed E-state index contributed by atoms with van der Waals surface area (Å²) in [5.74, 6) is -0.945. The van der Waals surface area contributed by atoms with Gasteiger partial charge in [-0.2, -0.15) is 0 Å². The van der Waals surface area contributed by atoms with Crippen LogP contribution in [0.5, 0.6) is 0 Å². The number of nitrogens with zero attached hydrogens (tertiary/aromatic N) is 1. The normalized spacial score (nSPS) is 24.9.